The van der Waals surface area contributed by atoms with Gasteiger partial charge in [0.05, 0.1) is 20.5 Å². The number of halogens is 1. The minimum Gasteiger partial charge on any atom is -0.356 e. The van der Waals surface area contributed by atoms with Crippen molar-refractivity contribution in [3.63, 3.8) is 0 Å². The van der Waals surface area contributed by atoms with E-state index >= 15 is 0 Å². The van der Waals surface area contributed by atoms with Crippen LogP contribution in [0.1, 0.15) is 25.7 Å². The Bertz CT molecular complexity index is 1800. The molecule has 0 aliphatic carbocycles. The summed E-state index contributed by atoms with van der Waals surface area (Å²) in [6.07, 6.45) is 4.79. The van der Waals surface area contributed by atoms with Crippen molar-refractivity contribution >= 4 is 72.8 Å². The molecular weight excluding hydrogens is 660 g/mol. The van der Waals surface area contributed by atoms with E-state index in [1.165, 1.54) is 43.1 Å². The van der Waals surface area contributed by atoms with Gasteiger partial charge in [-0.15, -0.1) is 11.3 Å². The summed E-state index contributed by atoms with van der Waals surface area (Å²) in [7, 11) is -3.78. The molecule has 7 rings (SSSR count). The summed E-state index contributed by atoms with van der Waals surface area (Å²) in [5.41, 5.74) is 1.37. The van der Waals surface area contributed by atoms with Gasteiger partial charge in [-0.05, 0) is 62.2 Å². The Morgan fingerprint density at radius 2 is 1.43 bits per heavy atom. The fraction of sp³-hybridized carbons (Fsp3) is 0.375. The lowest BCUT2D eigenvalue weighted by atomic mass is 10.2. The number of piperazine rings is 1. The first-order valence-electron chi connectivity index (χ1n) is 15.6. The van der Waals surface area contributed by atoms with Gasteiger partial charge in [-0.2, -0.15) is 9.97 Å². The average Bonchev–Trinajstić information content (AvgIpc) is 3.89. The number of hydrogen-bond acceptors (Lipinski definition) is 10. The molecule has 1 N–H and O–H groups in total. The second-order valence-electron chi connectivity index (χ2n) is 11.7. The number of rotatable bonds is 7. The standard InChI is InChI=1S/C32H35ClN8O2S3/c33-25-10-1-2-11-27(25)46(42,43)24-9-7-8-23(20-24)26-22-45-31(34-26)37-32(44)41-18-16-39(17-19-41)29-21-28(38-12-3-4-13-38)35-30(36-29)40-14-5-6-15-40/h1-2,7-11,20-22H,3-6,12-19H2,(H,34,37,44). The zero-order valence-corrected chi connectivity index (χ0v) is 28.5. The molecule has 0 bridgehead atoms. The molecule has 2 aromatic heterocycles. The van der Waals surface area contributed by atoms with Crippen molar-refractivity contribution in [1.82, 2.24) is 19.9 Å². The molecule has 46 heavy (non-hydrogen) atoms. The molecule has 10 nitrogen and oxygen atoms in total. The summed E-state index contributed by atoms with van der Waals surface area (Å²) in [6, 6.07) is 15.4. The molecule has 0 amide bonds. The van der Waals surface area contributed by atoms with Crippen LogP contribution >= 0.6 is 35.2 Å². The number of aromatic nitrogens is 3. The van der Waals surface area contributed by atoms with E-state index in [0.717, 1.165) is 69.9 Å². The average molecular weight is 695 g/mol. The lowest BCUT2D eigenvalue weighted by molar-refractivity contribution is 0.389. The number of hydrogen-bond donors (Lipinski definition) is 1. The highest BCUT2D eigenvalue weighted by molar-refractivity contribution is 7.91. The van der Waals surface area contributed by atoms with Gasteiger partial charge in [-0.1, -0.05) is 35.9 Å². The highest BCUT2D eigenvalue weighted by atomic mass is 35.5. The van der Waals surface area contributed by atoms with Crippen molar-refractivity contribution in [2.75, 3.05) is 72.4 Å². The molecule has 3 saturated heterocycles. The molecule has 2 aromatic carbocycles. The van der Waals surface area contributed by atoms with Gasteiger partial charge in [0.25, 0.3) is 0 Å². The van der Waals surface area contributed by atoms with Crippen molar-refractivity contribution in [1.29, 1.82) is 0 Å². The highest BCUT2D eigenvalue weighted by Gasteiger charge is 2.26. The number of sulfone groups is 1. The minimum atomic E-state index is -3.78. The molecule has 0 unspecified atom stereocenters. The maximum absolute atomic E-state index is 13.3. The third-order valence-corrected chi connectivity index (χ3v) is 12.1. The molecule has 3 aliphatic heterocycles. The Hall–Kier alpha value is -3.52. The van der Waals surface area contributed by atoms with Gasteiger partial charge >= 0.3 is 0 Å². The predicted octanol–water partition coefficient (Wildman–Crippen LogP) is 5.81. The lowest BCUT2D eigenvalue weighted by Gasteiger charge is -2.37. The number of thiazole rings is 1. The smallest absolute Gasteiger partial charge is 0.229 e. The summed E-state index contributed by atoms with van der Waals surface area (Å²) in [4.78, 5) is 24.2. The summed E-state index contributed by atoms with van der Waals surface area (Å²) in [5.74, 6) is 2.87. The summed E-state index contributed by atoms with van der Waals surface area (Å²) >= 11 is 13.4. The van der Waals surface area contributed by atoms with Crippen LogP contribution in [-0.2, 0) is 9.84 Å². The SMILES string of the molecule is O=S(=O)(c1cccc(-c2csc(NC(=S)N3CCN(c4cc(N5CCCC5)nc(N5CCCC5)n4)CC3)n2)c1)c1ccccc1Cl. The minimum absolute atomic E-state index is 0.0821. The summed E-state index contributed by atoms with van der Waals surface area (Å²) in [6.45, 7) is 7.25. The number of nitrogens with one attached hydrogen (secondary N) is 1. The van der Waals surface area contributed by atoms with Gasteiger partial charge < -0.3 is 24.9 Å². The van der Waals surface area contributed by atoms with Crippen LogP contribution in [0.25, 0.3) is 11.3 Å². The van der Waals surface area contributed by atoms with Crippen molar-refractivity contribution in [3.05, 3.63) is 65.0 Å². The fourth-order valence-electron chi connectivity index (χ4n) is 6.12. The maximum atomic E-state index is 13.3. The van der Waals surface area contributed by atoms with Crippen molar-refractivity contribution in [3.8, 4) is 11.3 Å². The van der Waals surface area contributed by atoms with Crippen LogP contribution in [-0.4, -0.2) is 85.7 Å². The van der Waals surface area contributed by atoms with Gasteiger partial charge in [-0.3, -0.25) is 0 Å². The van der Waals surface area contributed by atoms with Crippen molar-refractivity contribution in [2.45, 2.75) is 35.5 Å². The van der Waals surface area contributed by atoms with Crippen LogP contribution in [0.4, 0.5) is 22.7 Å². The van der Waals surface area contributed by atoms with E-state index in [2.05, 4.69) is 31.0 Å². The van der Waals surface area contributed by atoms with E-state index in [1.807, 2.05) is 11.4 Å². The summed E-state index contributed by atoms with van der Waals surface area (Å²) < 4.78 is 26.6. The first kappa shape index (κ1) is 31.1. The molecule has 4 aromatic rings. The van der Waals surface area contributed by atoms with Gasteiger partial charge in [0.1, 0.15) is 11.6 Å². The molecule has 240 valence electrons. The molecule has 14 heteroatoms. The molecular formula is C32H35ClN8O2S3. The van der Waals surface area contributed by atoms with E-state index in [-0.39, 0.29) is 14.8 Å². The number of anilines is 4. The number of benzene rings is 2. The fourth-order valence-corrected chi connectivity index (χ4v) is 9.00. The van der Waals surface area contributed by atoms with E-state index in [9.17, 15) is 8.42 Å². The summed E-state index contributed by atoms with van der Waals surface area (Å²) in [5, 5.41) is 6.66. The van der Waals surface area contributed by atoms with Crippen LogP contribution in [0.2, 0.25) is 5.02 Å². The molecule has 0 atom stereocenters. The largest absolute Gasteiger partial charge is 0.356 e. The normalized spacial score (nSPS) is 17.2. The lowest BCUT2D eigenvalue weighted by Crippen LogP contribution is -2.50. The van der Waals surface area contributed by atoms with Gasteiger partial charge in [0.15, 0.2) is 10.2 Å². The van der Waals surface area contributed by atoms with Crippen molar-refractivity contribution in [2.24, 2.45) is 0 Å². The van der Waals surface area contributed by atoms with Crippen LogP contribution < -0.4 is 20.0 Å². The third-order valence-electron chi connectivity index (χ3n) is 8.68. The van der Waals surface area contributed by atoms with Gasteiger partial charge in [0.2, 0.25) is 15.8 Å². The Balaban J connectivity index is 1.00. The zero-order chi connectivity index (χ0) is 31.7. The molecule has 3 fully saturated rings. The number of thiocarbonyl (C=S) groups is 1. The topological polar surface area (TPSA) is 97.8 Å². The first-order chi connectivity index (χ1) is 22.3. The maximum Gasteiger partial charge on any atom is 0.229 e. The quantitative estimate of drug-likeness (QED) is 0.238. The van der Waals surface area contributed by atoms with Crippen molar-refractivity contribution < 1.29 is 8.42 Å². The third kappa shape index (κ3) is 6.51. The van der Waals surface area contributed by atoms with Gasteiger partial charge in [0, 0.05) is 69.4 Å². The van der Waals surface area contributed by atoms with E-state index < -0.39 is 9.84 Å². The second-order valence-corrected chi connectivity index (χ2v) is 15.2. The second kappa shape index (κ2) is 13.3. The molecule has 0 radical (unpaired) electrons. The van der Waals surface area contributed by atoms with E-state index in [1.54, 1.807) is 36.4 Å². The first-order valence-corrected chi connectivity index (χ1v) is 18.8. The van der Waals surface area contributed by atoms with E-state index in [0.29, 0.717) is 21.5 Å². The molecule has 0 spiro atoms. The van der Waals surface area contributed by atoms with Gasteiger partial charge in [-0.25, -0.2) is 13.4 Å². The van der Waals surface area contributed by atoms with E-state index in [4.69, 9.17) is 38.8 Å². The Kier molecular flexibility index (Phi) is 8.99. The van der Waals surface area contributed by atoms with Crippen LogP contribution in [0.5, 0.6) is 0 Å². The Labute approximate surface area is 284 Å². The monoisotopic (exact) mass is 694 g/mol. The van der Waals surface area contributed by atoms with Crippen LogP contribution in [0, 0.1) is 0 Å². The highest BCUT2D eigenvalue weighted by Crippen LogP contribution is 2.32. The Morgan fingerprint density at radius 1 is 0.783 bits per heavy atom. The predicted molar refractivity (Wildman–Crippen MR) is 189 cm³/mol. The molecule has 5 heterocycles. The van der Waals surface area contributed by atoms with Crippen LogP contribution in [0.15, 0.2) is 69.8 Å². The number of nitrogens with zero attached hydrogens (tertiary/aromatic N) is 7. The van der Waals surface area contributed by atoms with Crippen LogP contribution in [0.3, 0.4) is 0 Å². The molecule has 0 saturated carbocycles. The zero-order valence-electron chi connectivity index (χ0n) is 25.3. The Morgan fingerprint density at radius 3 is 2.13 bits per heavy atom. The molecule has 3 aliphatic rings.